The Kier molecular flexibility index (Phi) is 5.90. The summed E-state index contributed by atoms with van der Waals surface area (Å²) in [4.78, 5) is 26.9. The minimum absolute atomic E-state index is 0.0286. The number of hydrogen-bond acceptors (Lipinski definition) is 5. The highest BCUT2D eigenvalue weighted by Gasteiger charge is 2.36. The van der Waals surface area contributed by atoms with Crippen LogP contribution in [0.4, 0.5) is 10.8 Å². The van der Waals surface area contributed by atoms with Crippen molar-refractivity contribution in [3.8, 4) is 0 Å². The zero-order valence-corrected chi connectivity index (χ0v) is 17.9. The molecule has 0 radical (unpaired) electrons. The van der Waals surface area contributed by atoms with Crippen LogP contribution in [0.5, 0.6) is 0 Å². The van der Waals surface area contributed by atoms with Crippen LogP contribution in [-0.4, -0.2) is 28.6 Å². The fourth-order valence-corrected chi connectivity index (χ4v) is 4.61. The maximum atomic E-state index is 12.7. The molecule has 1 aliphatic heterocycles. The first-order valence-electron chi connectivity index (χ1n) is 10.1. The number of hydrogen-bond donors (Lipinski definition) is 1. The standard InChI is InChI=1S/C23H24N4O2S/c1-15-8-6-7-11-19(15)27-14-18(13-21(27)28)22(29)24-23-26-25-20(30-23)12-16(2)17-9-4-3-5-10-17/h3-11,16,18H,12-14H2,1-2H3,(H,24,26,29)/t16-,18+/m1/s1. The predicted octanol–water partition coefficient (Wildman–Crippen LogP) is 4.18. The molecule has 2 aromatic carbocycles. The first-order valence-corrected chi connectivity index (χ1v) is 10.9. The van der Waals surface area contributed by atoms with Gasteiger partial charge in [0.2, 0.25) is 16.9 Å². The molecule has 3 aromatic rings. The van der Waals surface area contributed by atoms with Crippen molar-refractivity contribution in [3.63, 3.8) is 0 Å². The van der Waals surface area contributed by atoms with Crippen LogP contribution in [0, 0.1) is 12.8 Å². The normalized spacial score (nSPS) is 17.2. The van der Waals surface area contributed by atoms with Crippen LogP contribution in [0.1, 0.15) is 35.4 Å². The third kappa shape index (κ3) is 4.41. The first kappa shape index (κ1) is 20.2. The number of benzene rings is 2. The summed E-state index contributed by atoms with van der Waals surface area (Å²) < 4.78 is 0. The zero-order valence-electron chi connectivity index (χ0n) is 17.0. The molecular weight excluding hydrogens is 396 g/mol. The van der Waals surface area contributed by atoms with E-state index in [0.29, 0.717) is 17.6 Å². The Labute approximate surface area is 180 Å². The van der Waals surface area contributed by atoms with Gasteiger partial charge in [0.1, 0.15) is 5.01 Å². The van der Waals surface area contributed by atoms with E-state index >= 15 is 0 Å². The summed E-state index contributed by atoms with van der Waals surface area (Å²) in [6.45, 7) is 4.50. The molecular formula is C23H24N4O2S. The maximum absolute atomic E-state index is 12.7. The van der Waals surface area contributed by atoms with Gasteiger partial charge in [0.15, 0.2) is 0 Å². The lowest BCUT2D eigenvalue weighted by Gasteiger charge is -2.18. The van der Waals surface area contributed by atoms with Gasteiger partial charge in [-0.1, -0.05) is 66.8 Å². The van der Waals surface area contributed by atoms with Gasteiger partial charge in [-0.15, -0.1) is 10.2 Å². The molecule has 1 fully saturated rings. The van der Waals surface area contributed by atoms with Gasteiger partial charge in [-0.3, -0.25) is 9.59 Å². The van der Waals surface area contributed by atoms with Gasteiger partial charge in [0, 0.05) is 25.1 Å². The van der Waals surface area contributed by atoms with Crippen molar-refractivity contribution in [3.05, 3.63) is 70.7 Å². The van der Waals surface area contributed by atoms with E-state index in [1.165, 1.54) is 16.9 Å². The van der Waals surface area contributed by atoms with Gasteiger partial charge in [-0.25, -0.2) is 0 Å². The minimum atomic E-state index is -0.396. The van der Waals surface area contributed by atoms with E-state index in [1.54, 1.807) is 4.90 Å². The summed E-state index contributed by atoms with van der Waals surface area (Å²) in [5.41, 5.74) is 3.14. The number of para-hydroxylation sites is 1. The molecule has 0 unspecified atom stereocenters. The smallest absolute Gasteiger partial charge is 0.231 e. The molecule has 2 amide bonds. The second-order valence-corrected chi connectivity index (χ2v) is 8.76. The van der Waals surface area contributed by atoms with Gasteiger partial charge in [0.25, 0.3) is 0 Å². The largest absolute Gasteiger partial charge is 0.311 e. The van der Waals surface area contributed by atoms with Gasteiger partial charge in [-0.05, 0) is 30.0 Å². The van der Waals surface area contributed by atoms with Gasteiger partial charge in [0.05, 0.1) is 5.92 Å². The van der Waals surface area contributed by atoms with Crippen LogP contribution in [0.25, 0.3) is 0 Å². The van der Waals surface area contributed by atoms with Gasteiger partial charge in [-0.2, -0.15) is 0 Å². The molecule has 4 rings (SSSR count). The minimum Gasteiger partial charge on any atom is -0.311 e. The molecule has 1 aliphatic rings. The van der Waals surface area contributed by atoms with Crippen LogP contribution in [0.2, 0.25) is 0 Å². The summed E-state index contributed by atoms with van der Waals surface area (Å²) in [6, 6.07) is 18.0. The van der Waals surface area contributed by atoms with E-state index in [-0.39, 0.29) is 18.2 Å². The number of nitrogens with zero attached hydrogens (tertiary/aromatic N) is 3. The van der Waals surface area contributed by atoms with E-state index in [1.807, 2.05) is 49.4 Å². The molecule has 6 nitrogen and oxygen atoms in total. The zero-order chi connectivity index (χ0) is 21.1. The SMILES string of the molecule is Cc1ccccc1N1C[C@@H](C(=O)Nc2nnc(C[C@@H](C)c3ccccc3)s2)CC1=O. The molecule has 154 valence electrons. The Balaban J connectivity index is 1.37. The second-order valence-electron chi connectivity index (χ2n) is 7.70. The quantitative estimate of drug-likeness (QED) is 0.649. The van der Waals surface area contributed by atoms with Gasteiger partial charge >= 0.3 is 0 Å². The monoisotopic (exact) mass is 420 g/mol. The van der Waals surface area contributed by atoms with Crippen molar-refractivity contribution in [2.75, 3.05) is 16.8 Å². The number of rotatable bonds is 6. The van der Waals surface area contributed by atoms with E-state index in [2.05, 4.69) is 34.6 Å². The van der Waals surface area contributed by atoms with Crippen molar-refractivity contribution < 1.29 is 9.59 Å². The Morgan fingerprint density at radius 1 is 1.17 bits per heavy atom. The highest BCUT2D eigenvalue weighted by Crippen LogP contribution is 2.29. The number of nitrogens with one attached hydrogen (secondary N) is 1. The summed E-state index contributed by atoms with van der Waals surface area (Å²) in [6.07, 6.45) is 0.970. The Bertz CT molecular complexity index is 1050. The topological polar surface area (TPSA) is 75.2 Å². The number of aromatic nitrogens is 2. The molecule has 0 bridgehead atoms. The van der Waals surface area contributed by atoms with Gasteiger partial charge < -0.3 is 10.2 Å². The number of aryl methyl sites for hydroxylation is 1. The van der Waals surface area contributed by atoms with Crippen LogP contribution >= 0.6 is 11.3 Å². The molecule has 1 N–H and O–H groups in total. The van der Waals surface area contributed by atoms with Crippen LogP contribution in [0.15, 0.2) is 54.6 Å². The molecule has 7 heteroatoms. The van der Waals surface area contributed by atoms with E-state index in [9.17, 15) is 9.59 Å². The lowest BCUT2D eigenvalue weighted by Crippen LogP contribution is -2.28. The van der Waals surface area contributed by atoms with Crippen LogP contribution in [-0.2, 0) is 16.0 Å². The molecule has 1 aromatic heterocycles. The first-order chi connectivity index (χ1) is 14.5. The summed E-state index contributed by atoms with van der Waals surface area (Å²) >= 11 is 1.39. The third-order valence-corrected chi connectivity index (χ3v) is 6.31. The average Bonchev–Trinajstić information content (AvgIpc) is 3.35. The number of carbonyl (C=O) groups excluding carboxylic acids is 2. The van der Waals surface area contributed by atoms with Crippen molar-refractivity contribution >= 4 is 34.0 Å². The van der Waals surface area contributed by atoms with E-state index in [4.69, 9.17) is 0 Å². The van der Waals surface area contributed by atoms with E-state index in [0.717, 1.165) is 22.7 Å². The van der Waals surface area contributed by atoms with Crippen LogP contribution < -0.4 is 10.2 Å². The Morgan fingerprint density at radius 3 is 2.67 bits per heavy atom. The highest BCUT2D eigenvalue weighted by molar-refractivity contribution is 7.15. The van der Waals surface area contributed by atoms with Crippen molar-refractivity contribution in [1.29, 1.82) is 0 Å². The van der Waals surface area contributed by atoms with Crippen molar-refractivity contribution in [1.82, 2.24) is 10.2 Å². The molecule has 0 saturated carbocycles. The average molecular weight is 421 g/mol. The molecule has 0 spiro atoms. The van der Waals surface area contributed by atoms with Crippen molar-refractivity contribution in [2.24, 2.45) is 5.92 Å². The Morgan fingerprint density at radius 2 is 1.90 bits per heavy atom. The molecule has 2 heterocycles. The summed E-state index contributed by atoms with van der Waals surface area (Å²) in [5.74, 6) is -0.289. The number of amides is 2. The van der Waals surface area contributed by atoms with Crippen molar-refractivity contribution in [2.45, 2.75) is 32.6 Å². The number of carbonyl (C=O) groups is 2. The fourth-order valence-electron chi connectivity index (χ4n) is 3.74. The maximum Gasteiger partial charge on any atom is 0.231 e. The fraction of sp³-hybridized carbons (Fsp3) is 0.304. The lowest BCUT2D eigenvalue weighted by molar-refractivity contribution is -0.122. The molecule has 0 aliphatic carbocycles. The lowest BCUT2D eigenvalue weighted by atomic mass is 9.98. The summed E-state index contributed by atoms with van der Waals surface area (Å²) in [5, 5.41) is 12.6. The molecule has 1 saturated heterocycles. The second kappa shape index (κ2) is 8.75. The van der Waals surface area contributed by atoms with E-state index < -0.39 is 5.92 Å². The number of anilines is 2. The predicted molar refractivity (Wildman–Crippen MR) is 119 cm³/mol. The third-order valence-electron chi connectivity index (χ3n) is 5.45. The Hall–Kier alpha value is -3.06. The molecule has 2 atom stereocenters. The molecule has 30 heavy (non-hydrogen) atoms. The van der Waals surface area contributed by atoms with Crippen LogP contribution in [0.3, 0.4) is 0 Å². The highest BCUT2D eigenvalue weighted by atomic mass is 32.1. The summed E-state index contributed by atoms with van der Waals surface area (Å²) in [7, 11) is 0.